The molecule has 78 valence electrons. The minimum atomic E-state index is 0.849. The van der Waals surface area contributed by atoms with Crippen LogP contribution in [0.4, 0.5) is 0 Å². The summed E-state index contributed by atoms with van der Waals surface area (Å²) in [7, 11) is 0. The minimum Gasteiger partial charge on any atom is -0.376 e. The molecular weight excluding hydrogens is 164 g/mol. The van der Waals surface area contributed by atoms with E-state index in [0.29, 0.717) is 0 Å². The van der Waals surface area contributed by atoms with Gasteiger partial charge in [0.2, 0.25) is 0 Å². The topological polar surface area (TPSA) is 21.3 Å². The second-order valence-electron chi connectivity index (χ2n) is 3.78. The predicted octanol–water partition coefficient (Wildman–Crippen LogP) is 0.463. The van der Waals surface area contributed by atoms with Crippen molar-refractivity contribution in [2.75, 3.05) is 52.5 Å². The lowest BCUT2D eigenvalue weighted by Gasteiger charge is -2.40. The van der Waals surface area contributed by atoms with Crippen LogP contribution < -0.4 is 5.32 Å². The van der Waals surface area contributed by atoms with E-state index in [2.05, 4.69) is 19.2 Å². The van der Waals surface area contributed by atoms with Gasteiger partial charge in [0.05, 0.1) is 26.2 Å². The highest BCUT2D eigenvalue weighted by Gasteiger charge is 2.26. The molecule has 0 radical (unpaired) electrons. The fourth-order valence-electron chi connectivity index (χ4n) is 1.97. The number of nitrogens with zero attached hydrogens (tertiary/aromatic N) is 1. The van der Waals surface area contributed by atoms with Crippen LogP contribution >= 0.6 is 0 Å². The lowest BCUT2D eigenvalue weighted by molar-refractivity contribution is -0.928. The third-order valence-corrected chi connectivity index (χ3v) is 3.11. The second-order valence-corrected chi connectivity index (χ2v) is 3.78. The maximum absolute atomic E-state index is 5.43. The standard InChI is InChI=1S/C10H23N2O/c1-3-12(9-10-13-4-2)7-5-11-6-8-12/h11H,3-10H2,1-2H3/q+1. The number of ether oxygens (including phenoxy) is 1. The number of piperazine rings is 1. The summed E-state index contributed by atoms with van der Waals surface area (Å²) in [4.78, 5) is 0. The smallest absolute Gasteiger partial charge is 0.102 e. The Morgan fingerprint density at radius 3 is 2.46 bits per heavy atom. The van der Waals surface area contributed by atoms with Crippen molar-refractivity contribution >= 4 is 0 Å². The van der Waals surface area contributed by atoms with Crippen LogP contribution in [0.1, 0.15) is 13.8 Å². The zero-order valence-electron chi connectivity index (χ0n) is 9.01. The van der Waals surface area contributed by atoms with E-state index in [1.54, 1.807) is 0 Å². The number of quaternary nitrogens is 1. The van der Waals surface area contributed by atoms with Gasteiger partial charge in [-0.1, -0.05) is 0 Å². The molecule has 1 saturated heterocycles. The van der Waals surface area contributed by atoms with E-state index in [4.69, 9.17) is 4.74 Å². The maximum Gasteiger partial charge on any atom is 0.102 e. The van der Waals surface area contributed by atoms with Crippen molar-refractivity contribution in [3.8, 4) is 0 Å². The molecule has 0 unspecified atom stereocenters. The molecule has 0 spiro atoms. The Kier molecular flexibility index (Phi) is 4.70. The summed E-state index contributed by atoms with van der Waals surface area (Å²) in [5.41, 5.74) is 0. The lowest BCUT2D eigenvalue weighted by atomic mass is 10.2. The van der Waals surface area contributed by atoms with Gasteiger partial charge in [0, 0.05) is 19.7 Å². The third kappa shape index (κ3) is 3.25. The summed E-state index contributed by atoms with van der Waals surface area (Å²) in [6.07, 6.45) is 0. The second kappa shape index (κ2) is 5.58. The van der Waals surface area contributed by atoms with E-state index in [0.717, 1.165) is 13.2 Å². The Morgan fingerprint density at radius 1 is 1.23 bits per heavy atom. The van der Waals surface area contributed by atoms with Crippen LogP contribution in [0.15, 0.2) is 0 Å². The first-order valence-electron chi connectivity index (χ1n) is 5.46. The molecule has 0 bridgehead atoms. The molecule has 0 aromatic heterocycles. The van der Waals surface area contributed by atoms with Crippen molar-refractivity contribution in [3.05, 3.63) is 0 Å². The van der Waals surface area contributed by atoms with Gasteiger partial charge in [0.1, 0.15) is 6.54 Å². The molecule has 1 heterocycles. The molecule has 0 atom stereocenters. The molecule has 0 saturated carbocycles. The van der Waals surface area contributed by atoms with Gasteiger partial charge in [0.25, 0.3) is 0 Å². The molecule has 3 nitrogen and oxygen atoms in total. The highest BCUT2D eigenvalue weighted by Crippen LogP contribution is 2.07. The van der Waals surface area contributed by atoms with Crippen LogP contribution in [0, 0.1) is 0 Å². The minimum absolute atomic E-state index is 0.849. The monoisotopic (exact) mass is 187 g/mol. The molecule has 0 aromatic rings. The fourth-order valence-corrected chi connectivity index (χ4v) is 1.97. The van der Waals surface area contributed by atoms with Gasteiger partial charge in [0.15, 0.2) is 0 Å². The first kappa shape index (κ1) is 11.0. The van der Waals surface area contributed by atoms with Crippen molar-refractivity contribution in [1.29, 1.82) is 0 Å². The van der Waals surface area contributed by atoms with E-state index in [9.17, 15) is 0 Å². The van der Waals surface area contributed by atoms with Crippen LogP contribution in [0.5, 0.6) is 0 Å². The summed E-state index contributed by atoms with van der Waals surface area (Å²) >= 11 is 0. The summed E-state index contributed by atoms with van der Waals surface area (Å²) < 4.78 is 6.67. The molecule has 1 aliphatic heterocycles. The highest BCUT2D eigenvalue weighted by molar-refractivity contribution is 4.56. The summed E-state index contributed by atoms with van der Waals surface area (Å²) in [5, 5.41) is 3.41. The number of likely N-dealkylation sites (N-methyl/N-ethyl adjacent to an activating group) is 1. The molecule has 0 aromatic carbocycles. The maximum atomic E-state index is 5.43. The fraction of sp³-hybridized carbons (Fsp3) is 1.00. The molecule has 0 aliphatic carbocycles. The van der Waals surface area contributed by atoms with Crippen molar-refractivity contribution in [3.63, 3.8) is 0 Å². The van der Waals surface area contributed by atoms with E-state index in [1.807, 2.05) is 0 Å². The Balaban J connectivity index is 2.29. The molecule has 1 rings (SSSR count). The van der Waals surface area contributed by atoms with Crippen LogP contribution in [-0.2, 0) is 4.74 Å². The molecule has 1 N–H and O–H groups in total. The van der Waals surface area contributed by atoms with E-state index < -0.39 is 0 Å². The number of nitrogens with one attached hydrogen (secondary N) is 1. The Bertz CT molecular complexity index is 133. The van der Waals surface area contributed by atoms with Gasteiger partial charge >= 0.3 is 0 Å². The molecule has 0 amide bonds. The summed E-state index contributed by atoms with van der Waals surface area (Å²) in [5.74, 6) is 0. The quantitative estimate of drug-likeness (QED) is 0.499. The van der Waals surface area contributed by atoms with Gasteiger partial charge in [-0.15, -0.1) is 0 Å². The number of hydrogen-bond acceptors (Lipinski definition) is 2. The van der Waals surface area contributed by atoms with Gasteiger partial charge in [-0.25, -0.2) is 0 Å². The molecule has 1 fully saturated rings. The zero-order valence-corrected chi connectivity index (χ0v) is 9.01. The van der Waals surface area contributed by atoms with Crippen molar-refractivity contribution in [2.24, 2.45) is 0 Å². The van der Waals surface area contributed by atoms with Crippen LogP contribution in [0.2, 0.25) is 0 Å². The first-order valence-corrected chi connectivity index (χ1v) is 5.46. The van der Waals surface area contributed by atoms with Gasteiger partial charge in [-0.05, 0) is 13.8 Å². The average molecular weight is 187 g/mol. The largest absolute Gasteiger partial charge is 0.376 e. The van der Waals surface area contributed by atoms with Crippen molar-refractivity contribution in [1.82, 2.24) is 5.32 Å². The molecule has 13 heavy (non-hydrogen) atoms. The van der Waals surface area contributed by atoms with Crippen LogP contribution in [0.3, 0.4) is 0 Å². The van der Waals surface area contributed by atoms with Crippen molar-refractivity contribution in [2.45, 2.75) is 13.8 Å². The molecule has 3 heteroatoms. The lowest BCUT2D eigenvalue weighted by Crippen LogP contribution is -2.59. The molecule has 1 aliphatic rings. The number of hydrogen-bond donors (Lipinski definition) is 1. The Labute approximate surface area is 81.7 Å². The highest BCUT2D eigenvalue weighted by atomic mass is 16.5. The Hall–Kier alpha value is -0.120. The predicted molar refractivity (Wildman–Crippen MR) is 54.8 cm³/mol. The summed E-state index contributed by atoms with van der Waals surface area (Å²) in [6, 6.07) is 0. The van der Waals surface area contributed by atoms with Gasteiger partial charge in [-0.2, -0.15) is 0 Å². The van der Waals surface area contributed by atoms with E-state index in [-0.39, 0.29) is 0 Å². The van der Waals surface area contributed by atoms with E-state index in [1.165, 1.54) is 43.8 Å². The molecular formula is C10H23N2O+. The zero-order chi connectivity index (χ0) is 9.57. The van der Waals surface area contributed by atoms with Crippen molar-refractivity contribution < 1.29 is 9.22 Å². The summed E-state index contributed by atoms with van der Waals surface area (Å²) in [6.45, 7) is 13.4. The average Bonchev–Trinajstić information content (AvgIpc) is 2.20. The van der Waals surface area contributed by atoms with Gasteiger partial charge < -0.3 is 14.5 Å². The van der Waals surface area contributed by atoms with E-state index >= 15 is 0 Å². The first-order chi connectivity index (χ1) is 6.33. The van der Waals surface area contributed by atoms with Gasteiger partial charge in [-0.3, -0.25) is 0 Å². The SMILES string of the molecule is CCOCC[N+]1(CC)CCNCC1. The third-order valence-electron chi connectivity index (χ3n) is 3.11. The Morgan fingerprint density at radius 2 is 1.92 bits per heavy atom. The van der Waals surface area contributed by atoms with Crippen LogP contribution in [0.25, 0.3) is 0 Å². The van der Waals surface area contributed by atoms with Crippen LogP contribution in [-0.4, -0.2) is 57.0 Å². The normalized spacial score (nSPS) is 21.7. The number of rotatable bonds is 5.